The standard InChI is InChI=1S/C23H20N2O3/c1-28-20-11-7-16(8-12-20)23(24-18-5-3-2-4-6-18)25-21-13-10-19(26)15-17(21)9-14-22(25)27/h2-15,23-24,26H,1H3. The van der Waals surface area contributed by atoms with Crippen molar-refractivity contribution < 1.29 is 9.84 Å². The highest BCUT2D eigenvalue weighted by Crippen LogP contribution is 2.27. The topological polar surface area (TPSA) is 63.5 Å². The molecule has 0 radical (unpaired) electrons. The Morgan fingerprint density at radius 3 is 2.39 bits per heavy atom. The number of phenols is 1. The number of aromatic nitrogens is 1. The van der Waals surface area contributed by atoms with Crippen molar-refractivity contribution in [3.05, 3.63) is 101 Å². The molecule has 0 aliphatic heterocycles. The lowest BCUT2D eigenvalue weighted by Gasteiger charge is -2.25. The number of fused-ring (bicyclic) bond motifs is 1. The first-order chi connectivity index (χ1) is 13.7. The minimum absolute atomic E-state index is 0.137. The second-order valence-corrected chi connectivity index (χ2v) is 6.47. The summed E-state index contributed by atoms with van der Waals surface area (Å²) in [6.45, 7) is 0. The van der Waals surface area contributed by atoms with E-state index in [0.717, 1.165) is 27.9 Å². The summed E-state index contributed by atoms with van der Waals surface area (Å²) in [5.41, 5.74) is 2.40. The lowest BCUT2D eigenvalue weighted by Crippen LogP contribution is -2.30. The number of nitrogens with one attached hydrogen (secondary N) is 1. The molecule has 4 aromatic rings. The van der Waals surface area contributed by atoms with E-state index in [1.165, 1.54) is 6.07 Å². The van der Waals surface area contributed by atoms with Gasteiger partial charge >= 0.3 is 0 Å². The summed E-state index contributed by atoms with van der Waals surface area (Å²) >= 11 is 0. The normalized spacial score (nSPS) is 11.9. The van der Waals surface area contributed by atoms with Crippen LogP contribution < -0.4 is 15.6 Å². The number of pyridine rings is 1. The number of benzene rings is 3. The molecule has 0 bridgehead atoms. The zero-order valence-electron chi connectivity index (χ0n) is 15.4. The van der Waals surface area contributed by atoms with Crippen molar-refractivity contribution in [1.82, 2.24) is 4.57 Å². The number of hydrogen-bond acceptors (Lipinski definition) is 4. The van der Waals surface area contributed by atoms with Crippen LogP contribution in [0, 0.1) is 0 Å². The van der Waals surface area contributed by atoms with Crippen molar-refractivity contribution in [1.29, 1.82) is 0 Å². The Morgan fingerprint density at radius 1 is 0.929 bits per heavy atom. The van der Waals surface area contributed by atoms with Gasteiger partial charge in [-0.1, -0.05) is 30.3 Å². The molecule has 1 aromatic heterocycles. The van der Waals surface area contributed by atoms with Crippen molar-refractivity contribution in [2.45, 2.75) is 6.17 Å². The van der Waals surface area contributed by atoms with Crippen LogP contribution in [0.25, 0.3) is 10.9 Å². The predicted molar refractivity (Wildman–Crippen MR) is 111 cm³/mol. The number of methoxy groups -OCH3 is 1. The highest BCUT2D eigenvalue weighted by molar-refractivity contribution is 5.81. The van der Waals surface area contributed by atoms with E-state index in [2.05, 4.69) is 5.32 Å². The fourth-order valence-electron chi connectivity index (χ4n) is 3.30. The molecule has 0 aliphatic carbocycles. The number of rotatable bonds is 5. The highest BCUT2D eigenvalue weighted by atomic mass is 16.5. The lowest BCUT2D eigenvalue weighted by molar-refractivity contribution is 0.414. The number of para-hydroxylation sites is 1. The van der Waals surface area contributed by atoms with Crippen molar-refractivity contribution in [3.63, 3.8) is 0 Å². The molecule has 140 valence electrons. The Labute approximate surface area is 162 Å². The summed E-state index contributed by atoms with van der Waals surface area (Å²) in [6.07, 6.45) is -0.436. The fraction of sp³-hybridized carbons (Fsp3) is 0.0870. The zero-order chi connectivity index (χ0) is 19.5. The smallest absolute Gasteiger partial charge is 0.252 e. The van der Waals surface area contributed by atoms with Gasteiger partial charge in [0.25, 0.3) is 5.56 Å². The van der Waals surface area contributed by atoms with Crippen LogP contribution in [-0.4, -0.2) is 16.8 Å². The highest BCUT2D eigenvalue weighted by Gasteiger charge is 2.18. The summed E-state index contributed by atoms with van der Waals surface area (Å²) in [5.74, 6) is 0.909. The first-order valence-electron chi connectivity index (χ1n) is 8.95. The van der Waals surface area contributed by atoms with Crippen LogP contribution in [0.2, 0.25) is 0 Å². The van der Waals surface area contributed by atoms with Crippen LogP contribution in [0.1, 0.15) is 11.7 Å². The lowest BCUT2D eigenvalue weighted by atomic mass is 10.1. The van der Waals surface area contributed by atoms with Crippen LogP contribution >= 0.6 is 0 Å². The molecule has 1 atom stereocenters. The van der Waals surface area contributed by atoms with E-state index < -0.39 is 6.17 Å². The summed E-state index contributed by atoms with van der Waals surface area (Å²) in [7, 11) is 1.62. The predicted octanol–water partition coefficient (Wildman–Crippen LogP) is 4.37. The molecule has 1 unspecified atom stereocenters. The summed E-state index contributed by atoms with van der Waals surface area (Å²) in [6, 6.07) is 25.6. The van der Waals surface area contributed by atoms with Gasteiger partial charge in [-0.25, -0.2) is 0 Å². The van der Waals surface area contributed by atoms with Gasteiger partial charge < -0.3 is 15.2 Å². The van der Waals surface area contributed by atoms with E-state index in [9.17, 15) is 9.90 Å². The molecule has 0 amide bonds. The first kappa shape index (κ1) is 17.7. The monoisotopic (exact) mass is 372 g/mol. The molecule has 28 heavy (non-hydrogen) atoms. The molecule has 0 aliphatic rings. The molecular formula is C23H20N2O3. The molecule has 2 N–H and O–H groups in total. The Hall–Kier alpha value is -3.73. The van der Waals surface area contributed by atoms with E-state index >= 15 is 0 Å². The molecule has 5 nitrogen and oxygen atoms in total. The van der Waals surface area contributed by atoms with E-state index in [0.29, 0.717) is 0 Å². The second-order valence-electron chi connectivity index (χ2n) is 6.47. The third kappa shape index (κ3) is 3.42. The Balaban J connectivity index is 1.91. The molecule has 4 rings (SSSR count). The average Bonchev–Trinajstić information content (AvgIpc) is 2.73. The third-order valence-electron chi connectivity index (χ3n) is 4.68. The van der Waals surface area contributed by atoms with E-state index in [1.54, 1.807) is 35.9 Å². The number of anilines is 1. The van der Waals surface area contributed by atoms with E-state index in [-0.39, 0.29) is 11.3 Å². The van der Waals surface area contributed by atoms with Crippen LogP contribution in [0.5, 0.6) is 11.5 Å². The van der Waals surface area contributed by atoms with Gasteiger partial charge in [-0.2, -0.15) is 0 Å². The van der Waals surface area contributed by atoms with Gasteiger partial charge in [0.15, 0.2) is 0 Å². The first-order valence-corrected chi connectivity index (χ1v) is 8.95. The molecular weight excluding hydrogens is 352 g/mol. The van der Waals surface area contributed by atoms with E-state index in [4.69, 9.17) is 4.74 Å². The molecule has 0 fully saturated rings. The minimum atomic E-state index is -0.436. The van der Waals surface area contributed by atoms with Crippen molar-refractivity contribution in [3.8, 4) is 11.5 Å². The third-order valence-corrected chi connectivity index (χ3v) is 4.68. The SMILES string of the molecule is COc1ccc(C(Nc2ccccc2)n2c(=O)ccc3cc(O)ccc32)cc1. The Bertz CT molecular complexity index is 1150. The van der Waals surface area contributed by atoms with Gasteiger partial charge in [0.1, 0.15) is 17.7 Å². The largest absolute Gasteiger partial charge is 0.508 e. The van der Waals surface area contributed by atoms with E-state index in [1.807, 2.05) is 54.6 Å². The van der Waals surface area contributed by atoms with Crippen LogP contribution in [-0.2, 0) is 0 Å². The number of phenolic OH excluding ortho intramolecular Hbond substituents is 1. The zero-order valence-corrected chi connectivity index (χ0v) is 15.4. The van der Waals surface area contributed by atoms with Gasteiger partial charge in [0.05, 0.1) is 12.6 Å². The van der Waals surface area contributed by atoms with Gasteiger partial charge in [0.2, 0.25) is 0 Å². The van der Waals surface area contributed by atoms with Crippen molar-refractivity contribution in [2.75, 3.05) is 12.4 Å². The maximum atomic E-state index is 12.9. The summed E-state index contributed by atoms with van der Waals surface area (Å²) in [4.78, 5) is 12.9. The maximum absolute atomic E-state index is 12.9. The molecule has 0 spiro atoms. The molecule has 1 heterocycles. The minimum Gasteiger partial charge on any atom is -0.508 e. The van der Waals surface area contributed by atoms with Crippen LogP contribution in [0.4, 0.5) is 5.69 Å². The Morgan fingerprint density at radius 2 is 1.68 bits per heavy atom. The number of aromatic hydroxyl groups is 1. The molecule has 0 saturated heterocycles. The van der Waals surface area contributed by atoms with Gasteiger partial charge in [-0.05, 0) is 54.1 Å². The van der Waals surface area contributed by atoms with Gasteiger partial charge in [-0.3, -0.25) is 9.36 Å². The van der Waals surface area contributed by atoms with Crippen molar-refractivity contribution >= 4 is 16.6 Å². The summed E-state index contributed by atoms with van der Waals surface area (Å²) in [5, 5.41) is 14.1. The van der Waals surface area contributed by atoms with Crippen LogP contribution in [0.3, 0.4) is 0 Å². The van der Waals surface area contributed by atoms with Gasteiger partial charge in [-0.15, -0.1) is 0 Å². The fourth-order valence-corrected chi connectivity index (χ4v) is 3.30. The molecule has 3 aromatic carbocycles. The number of nitrogens with zero attached hydrogens (tertiary/aromatic N) is 1. The molecule has 5 heteroatoms. The maximum Gasteiger partial charge on any atom is 0.252 e. The quantitative estimate of drug-likeness (QED) is 0.546. The van der Waals surface area contributed by atoms with Crippen LogP contribution in [0.15, 0.2) is 89.7 Å². The second kappa shape index (κ2) is 7.48. The summed E-state index contributed by atoms with van der Waals surface area (Å²) < 4.78 is 6.96. The number of hydrogen-bond donors (Lipinski definition) is 2. The molecule has 0 saturated carbocycles. The number of ether oxygens (including phenoxy) is 1. The average molecular weight is 372 g/mol. The van der Waals surface area contributed by atoms with Crippen molar-refractivity contribution in [2.24, 2.45) is 0 Å². The Kier molecular flexibility index (Phi) is 4.72. The van der Waals surface area contributed by atoms with Gasteiger partial charge in [0, 0.05) is 17.1 Å².